The first-order valence-electron chi connectivity index (χ1n) is 3.82. The summed E-state index contributed by atoms with van der Waals surface area (Å²) < 4.78 is 10.0. The standard InChI is InChI=1S/C7H17BO3/c1-6(2)10-8(9)11-7(3,4)5/h6,9H,1-5H3. The maximum absolute atomic E-state index is 9.11. The predicted octanol–water partition coefficient (Wildman–Crippen LogP) is 1.20. The van der Waals surface area contributed by atoms with Crippen molar-refractivity contribution in [2.75, 3.05) is 0 Å². The molecule has 0 unspecified atom stereocenters. The Hall–Kier alpha value is -0.0551. The third-order valence-electron chi connectivity index (χ3n) is 0.843. The van der Waals surface area contributed by atoms with Crippen LogP contribution in [-0.4, -0.2) is 24.1 Å². The Bertz CT molecular complexity index is 109. The molecule has 0 aliphatic heterocycles. The van der Waals surface area contributed by atoms with Gasteiger partial charge in [0, 0.05) is 11.7 Å². The molecule has 0 saturated heterocycles. The molecule has 0 saturated carbocycles. The Kier molecular flexibility index (Phi) is 4.07. The van der Waals surface area contributed by atoms with Gasteiger partial charge in [-0.25, -0.2) is 0 Å². The van der Waals surface area contributed by atoms with E-state index >= 15 is 0 Å². The summed E-state index contributed by atoms with van der Waals surface area (Å²) >= 11 is 0. The lowest BCUT2D eigenvalue weighted by Crippen LogP contribution is -2.34. The zero-order chi connectivity index (χ0) is 9.07. The number of hydrogen-bond acceptors (Lipinski definition) is 3. The van der Waals surface area contributed by atoms with Crippen LogP contribution in [0.3, 0.4) is 0 Å². The SMILES string of the molecule is CC(C)OB(O)OC(C)(C)C. The third-order valence-corrected chi connectivity index (χ3v) is 0.843. The second-order valence-electron chi connectivity index (χ2n) is 3.72. The maximum atomic E-state index is 9.11. The van der Waals surface area contributed by atoms with Crippen LogP contribution in [0.4, 0.5) is 0 Å². The fourth-order valence-corrected chi connectivity index (χ4v) is 0.563. The van der Waals surface area contributed by atoms with Crippen molar-refractivity contribution in [2.24, 2.45) is 0 Å². The molecule has 0 aromatic carbocycles. The van der Waals surface area contributed by atoms with E-state index in [0.29, 0.717) is 0 Å². The number of hydrogen-bond donors (Lipinski definition) is 1. The highest BCUT2D eigenvalue weighted by Crippen LogP contribution is 2.08. The van der Waals surface area contributed by atoms with Gasteiger partial charge in [-0.05, 0) is 34.6 Å². The van der Waals surface area contributed by atoms with Crippen LogP contribution in [0.2, 0.25) is 0 Å². The largest absolute Gasteiger partial charge is 0.637 e. The minimum absolute atomic E-state index is 0.0210. The van der Waals surface area contributed by atoms with Crippen LogP contribution in [0.25, 0.3) is 0 Å². The molecular weight excluding hydrogens is 143 g/mol. The molecule has 0 amide bonds. The number of rotatable bonds is 3. The van der Waals surface area contributed by atoms with Crippen LogP contribution >= 0.6 is 0 Å². The highest BCUT2D eigenvalue weighted by atomic mass is 16.7. The average molecular weight is 160 g/mol. The van der Waals surface area contributed by atoms with Gasteiger partial charge < -0.3 is 14.3 Å². The molecule has 0 rings (SSSR count). The highest BCUT2D eigenvalue weighted by Gasteiger charge is 2.24. The monoisotopic (exact) mass is 160 g/mol. The zero-order valence-corrected chi connectivity index (χ0v) is 7.92. The van der Waals surface area contributed by atoms with Gasteiger partial charge in [-0.15, -0.1) is 0 Å². The second kappa shape index (κ2) is 4.09. The molecule has 0 aromatic heterocycles. The predicted molar refractivity (Wildman–Crippen MR) is 45.0 cm³/mol. The van der Waals surface area contributed by atoms with E-state index in [0.717, 1.165) is 0 Å². The maximum Gasteiger partial charge on any atom is 0.637 e. The van der Waals surface area contributed by atoms with Gasteiger partial charge in [0.25, 0.3) is 0 Å². The van der Waals surface area contributed by atoms with Crippen molar-refractivity contribution >= 4 is 7.32 Å². The van der Waals surface area contributed by atoms with Crippen LogP contribution in [-0.2, 0) is 9.31 Å². The van der Waals surface area contributed by atoms with Crippen LogP contribution in [0.1, 0.15) is 34.6 Å². The van der Waals surface area contributed by atoms with Crippen molar-refractivity contribution < 1.29 is 14.3 Å². The summed E-state index contributed by atoms with van der Waals surface area (Å²) in [6.45, 7) is 9.27. The summed E-state index contributed by atoms with van der Waals surface area (Å²) in [5.74, 6) is 0. The molecular formula is C7H17BO3. The quantitative estimate of drug-likeness (QED) is 0.630. The lowest BCUT2D eigenvalue weighted by Gasteiger charge is -2.22. The minimum atomic E-state index is -1.12. The Morgan fingerprint density at radius 1 is 1.27 bits per heavy atom. The molecule has 0 heterocycles. The fraction of sp³-hybridized carbons (Fsp3) is 1.00. The van der Waals surface area contributed by atoms with Gasteiger partial charge in [0.1, 0.15) is 0 Å². The topological polar surface area (TPSA) is 38.7 Å². The van der Waals surface area contributed by atoms with Gasteiger partial charge in [-0.1, -0.05) is 0 Å². The molecule has 0 fully saturated rings. The van der Waals surface area contributed by atoms with Gasteiger partial charge in [0.2, 0.25) is 0 Å². The van der Waals surface area contributed by atoms with Crippen molar-refractivity contribution in [3.8, 4) is 0 Å². The normalized spacial score (nSPS) is 12.3. The van der Waals surface area contributed by atoms with Gasteiger partial charge >= 0.3 is 7.32 Å². The van der Waals surface area contributed by atoms with E-state index in [2.05, 4.69) is 0 Å². The minimum Gasteiger partial charge on any atom is -0.402 e. The smallest absolute Gasteiger partial charge is 0.402 e. The first kappa shape index (κ1) is 10.9. The van der Waals surface area contributed by atoms with Crippen LogP contribution < -0.4 is 0 Å². The highest BCUT2D eigenvalue weighted by molar-refractivity contribution is 6.34. The lowest BCUT2D eigenvalue weighted by molar-refractivity contribution is 0.0296. The molecule has 0 radical (unpaired) electrons. The first-order chi connectivity index (χ1) is 4.81. The average Bonchev–Trinajstić information content (AvgIpc) is 1.53. The molecule has 0 bridgehead atoms. The Morgan fingerprint density at radius 3 is 2.00 bits per heavy atom. The molecule has 1 N–H and O–H groups in total. The van der Waals surface area contributed by atoms with Crippen LogP contribution in [0, 0.1) is 0 Å². The third kappa shape index (κ3) is 7.85. The summed E-state index contributed by atoms with van der Waals surface area (Å²) in [6.07, 6.45) is -0.0210. The van der Waals surface area contributed by atoms with Crippen molar-refractivity contribution in [1.82, 2.24) is 0 Å². The Labute approximate surface area is 68.9 Å². The summed E-state index contributed by atoms with van der Waals surface area (Å²) in [6, 6.07) is 0. The van der Waals surface area contributed by atoms with E-state index in [1.807, 2.05) is 34.6 Å². The van der Waals surface area contributed by atoms with Gasteiger partial charge in [-0.2, -0.15) is 0 Å². The molecule has 4 heteroatoms. The summed E-state index contributed by atoms with van der Waals surface area (Å²) in [4.78, 5) is 0. The van der Waals surface area contributed by atoms with Crippen molar-refractivity contribution in [2.45, 2.75) is 46.3 Å². The van der Waals surface area contributed by atoms with E-state index in [1.54, 1.807) is 0 Å². The fourth-order valence-electron chi connectivity index (χ4n) is 0.563. The molecule has 0 aromatic rings. The molecule has 0 atom stereocenters. The zero-order valence-electron chi connectivity index (χ0n) is 7.92. The molecule has 0 aliphatic carbocycles. The second-order valence-corrected chi connectivity index (χ2v) is 3.72. The summed E-state index contributed by atoms with van der Waals surface area (Å²) in [5.41, 5.74) is -0.367. The first-order valence-corrected chi connectivity index (χ1v) is 3.82. The Balaban J connectivity index is 3.61. The van der Waals surface area contributed by atoms with Crippen molar-refractivity contribution in [3.05, 3.63) is 0 Å². The molecule has 11 heavy (non-hydrogen) atoms. The van der Waals surface area contributed by atoms with Crippen LogP contribution in [0.5, 0.6) is 0 Å². The van der Waals surface area contributed by atoms with E-state index < -0.39 is 7.32 Å². The van der Waals surface area contributed by atoms with Gasteiger partial charge in [0.15, 0.2) is 0 Å². The van der Waals surface area contributed by atoms with E-state index in [9.17, 15) is 0 Å². The summed E-state index contributed by atoms with van der Waals surface area (Å²) in [7, 11) is -1.12. The van der Waals surface area contributed by atoms with E-state index in [1.165, 1.54) is 0 Å². The van der Waals surface area contributed by atoms with Crippen molar-refractivity contribution in [1.29, 1.82) is 0 Å². The molecule has 66 valence electrons. The van der Waals surface area contributed by atoms with Gasteiger partial charge in [0.05, 0.1) is 0 Å². The molecule has 3 nitrogen and oxygen atoms in total. The summed E-state index contributed by atoms with van der Waals surface area (Å²) in [5, 5.41) is 9.11. The van der Waals surface area contributed by atoms with E-state index in [-0.39, 0.29) is 11.7 Å². The van der Waals surface area contributed by atoms with E-state index in [4.69, 9.17) is 14.3 Å². The molecule has 0 spiro atoms. The van der Waals surface area contributed by atoms with Crippen molar-refractivity contribution in [3.63, 3.8) is 0 Å². The van der Waals surface area contributed by atoms with Gasteiger partial charge in [-0.3, -0.25) is 0 Å². The Morgan fingerprint density at radius 2 is 1.73 bits per heavy atom. The molecule has 0 aliphatic rings. The lowest BCUT2D eigenvalue weighted by atomic mass is 10.1. The van der Waals surface area contributed by atoms with Crippen LogP contribution in [0.15, 0.2) is 0 Å².